The van der Waals surface area contributed by atoms with Crippen molar-refractivity contribution in [1.82, 2.24) is 0 Å². The summed E-state index contributed by atoms with van der Waals surface area (Å²) in [6, 6.07) is 5.20. The van der Waals surface area contributed by atoms with Gasteiger partial charge in [0.15, 0.2) is 0 Å². The van der Waals surface area contributed by atoms with Crippen LogP contribution in [0.5, 0.6) is 5.75 Å². The average molecular weight is 251 g/mol. The molecule has 1 aromatic carbocycles. The Labute approximate surface area is 108 Å². The first-order chi connectivity index (χ1) is 8.58. The van der Waals surface area contributed by atoms with Crippen LogP contribution in [0.15, 0.2) is 18.2 Å². The highest BCUT2D eigenvalue weighted by Crippen LogP contribution is 2.24. The largest absolute Gasteiger partial charge is 0.497 e. The molecule has 4 nitrogen and oxygen atoms in total. The van der Waals surface area contributed by atoms with Gasteiger partial charge in [-0.25, -0.2) is 4.79 Å². The van der Waals surface area contributed by atoms with Crippen LogP contribution in [0, 0.1) is 0 Å². The van der Waals surface area contributed by atoms with Crippen LogP contribution in [0.2, 0.25) is 0 Å². The van der Waals surface area contributed by atoms with Crippen LogP contribution < -0.4 is 10.1 Å². The molecule has 0 fully saturated rings. The molecule has 0 aliphatic heterocycles. The third-order valence-corrected chi connectivity index (χ3v) is 2.85. The van der Waals surface area contributed by atoms with E-state index in [-0.39, 0.29) is 11.6 Å². The summed E-state index contributed by atoms with van der Waals surface area (Å²) in [5, 5.41) is 12.4. The molecule has 100 valence electrons. The third-order valence-electron chi connectivity index (χ3n) is 2.85. The number of unbranched alkanes of at least 4 members (excludes halogenated alkanes) is 1. The third kappa shape index (κ3) is 3.95. The molecule has 0 aliphatic carbocycles. The summed E-state index contributed by atoms with van der Waals surface area (Å²) in [5.41, 5.74) is 0.893. The molecule has 0 aromatic heterocycles. The van der Waals surface area contributed by atoms with E-state index >= 15 is 0 Å². The number of carboxylic acid groups (broad SMARTS) is 1. The highest BCUT2D eigenvalue weighted by atomic mass is 16.5. The van der Waals surface area contributed by atoms with E-state index in [4.69, 9.17) is 9.84 Å². The zero-order valence-electron chi connectivity index (χ0n) is 11.2. The van der Waals surface area contributed by atoms with E-state index < -0.39 is 5.97 Å². The van der Waals surface area contributed by atoms with Crippen LogP contribution in [0.25, 0.3) is 0 Å². The van der Waals surface area contributed by atoms with Crippen LogP contribution in [-0.4, -0.2) is 24.2 Å². The number of hydrogen-bond acceptors (Lipinski definition) is 3. The Morgan fingerprint density at radius 1 is 1.50 bits per heavy atom. The van der Waals surface area contributed by atoms with Crippen molar-refractivity contribution >= 4 is 11.7 Å². The fraction of sp³-hybridized carbons (Fsp3) is 0.500. The van der Waals surface area contributed by atoms with Gasteiger partial charge in [-0.1, -0.05) is 19.8 Å². The smallest absolute Gasteiger partial charge is 0.337 e. The topological polar surface area (TPSA) is 58.6 Å². The van der Waals surface area contributed by atoms with E-state index in [1.807, 2.05) is 0 Å². The normalized spacial score (nSPS) is 11.9. The van der Waals surface area contributed by atoms with E-state index in [2.05, 4.69) is 19.2 Å². The molecule has 0 saturated carbocycles. The number of carboxylic acids is 1. The Kier molecular flexibility index (Phi) is 5.49. The molecule has 2 N–H and O–H groups in total. The summed E-state index contributed by atoms with van der Waals surface area (Å²) in [7, 11) is 1.57. The number of rotatable bonds is 7. The maximum Gasteiger partial charge on any atom is 0.337 e. The highest BCUT2D eigenvalue weighted by molar-refractivity contribution is 5.94. The fourth-order valence-corrected chi connectivity index (χ4v) is 1.80. The molecule has 18 heavy (non-hydrogen) atoms. The number of anilines is 1. The van der Waals surface area contributed by atoms with E-state index in [1.165, 1.54) is 0 Å². The molecule has 4 heteroatoms. The molecule has 1 atom stereocenters. The van der Waals surface area contributed by atoms with Crippen molar-refractivity contribution < 1.29 is 14.6 Å². The lowest BCUT2D eigenvalue weighted by Crippen LogP contribution is -2.17. The van der Waals surface area contributed by atoms with Gasteiger partial charge in [0.25, 0.3) is 0 Å². The lowest BCUT2D eigenvalue weighted by Gasteiger charge is -2.17. The molecule has 0 bridgehead atoms. The van der Waals surface area contributed by atoms with Gasteiger partial charge in [0.1, 0.15) is 5.75 Å². The molecule has 0 heterocycles. The Balaban J connectivity index is 2.86. The quantitative estimate of drug-likeness (QED) is 0.780. The van der Waals surface area contributed by atoms with Gasteiger partial charge in [0.05, 0.1) is 18.4 Å². The van der Waals surface area contributed by atoms with Crippen LogP contribution in [0.4, 0.5) is 5.69 Å². The van der Waals surface area contributed by atoms with Crippen molar-refractivity contribution in [2.24, 2.45) is 0 Å². The standard InChI is InChI=1S/C14H21NO3/c1-4-5-6-10(2)15-13-9-11(18-3)7-8-12(13)14(16)17/h7-10,15H,4-6H2,1-3H3,(H,16,17). The van der Waals surface area contributed by atoms with Crippen LogP contribution >= 0.6 is 0 Å². The van der Waals surface area contributed by atoms with Crippen molar-refractivity contribution in [3.8, 4) is 5.75 Å². The number of carbonyl (C=O) groups is 1. The lowest BCUT2D eigenvalue weighted by molar-refractivity contribution is 0.0698. The first-order valence-electron chi connectivity index (χ1n) is 6.26. The van der Waals surface area contributed by atoms with E-state index in [0.717, 1.165) is 19.3 Å². The van der Waals surface area contributed by atoms with Crippen molar-refractivity contribution in [3.05, 3.63) is 23.8 Å². The minimum Gasteiger partial charge on any atom is -0.497 e. The number of hydrogen-bond donors (Lipinski definition) is 2. The minimum absolute atomic E-state index is 0.246. The molecule has 0 amide bonds. The van der Waals surface area contributed by atoms with Crippen LogP contribution in [0.1, 0.15) is 43.5 Å². The number of benzene rings is 1. The number of methoxy groups -OCH3 is 1. The summed E-state index contributed by atoms with van der Waals surface area (Å²) in [6.07, 6.45) is 3.28. The fourth-order valence-electron chi connectivity index (χ4n) is 1.80. The van der Waals surface area contributed by atoms with Gasteiger partial charge in [-0.2, -0.15) is 0 Å². The summed E-state index contributed by atoms with van der Waals surface area (Å²) < 4.78 is 5.12. The second-order valence-electron chi connectivity index (χ2n) is 4.40. The second kappa shape index (κ2) is 6.89. The van der Waals surface area contributed by atoms with Crippen molar-refractivity contribution in [2.75, 3.05) is 12.4 Å². The molecule has 1 rings (SSSR count). The van der Waals surface area contributed by atoms with Crippen molar-refractivity contribution in [2.45, 2.75) is 39.2 Å². The predicted molar refractivity (Wildman–Crippen MR) is 72.6 cm³/mol. The Morgan fingerprint density at radius 3 is 2.78 bits per heavy atom. The van der Waals surface area contributed by atoms with Gasteiger partial charge in [-0.05, 0) is 25.5 Å². The Bertz CT molecular complexity index is 404. The van der Waals surface area contributed by atoms with Gasteiger partial charge in [0.2, 0.25) is 0 Å². The summed E-state index contributed by atoms with van der Waals surface area (Å²) in [5.74, 6) is -0.270. The molecular weight excluding hydrogens is 230 g/mol. The van der Waals surface area contributed by atoms with Gasteiger partial charge in [0, 0.05) is 12.1 Å². The van der Waals surface area contributed by atoms with Crippen molar-refractivity contribution in [3.63, 3.8) is 0 Å². The predicted octanol–water partition coefficient (Wildman–Crippen LogP) is 3.38. The van der Waals surface area contributed by atoms with Gasteiger partial charge in [-0.3, -0.25) is 0 Å². The molecule has 0 spiro atoms. The van der Waals surface area contributed by atoms with E-state index in [1.54, 1.807) is 25.3 Å². The summed E-state index contributed by atoms with van der Waals surface area (Å²) in [6.45, 7) is 4.20. The van der Waals surface area contributed by atoms with Crippen LogP contribution in [0.3, 0.4) is 0 Å². The zero-order valence-corrected chi connectivity index (χ0v) is 11.2. The van der Waals surface area contributed by atoms with Gasteiger partial charge in [-0.15, -0.1) is 0 Å². The average Bonchev–Trinajstić information content (AvgIpc) is 2.35. The first kappa shape index (κ1) is 14.4. The van der Waals surface area contributed by atoms with E-state index in [9.17, 15) is 4.79 Å². The molecule has 1 aromatic rings. The molecule has 1 unspecified atom stereocenters. The molecule has 0 saturated heterocycles. The molecule has 0 aliphatic rings. The SMILES string of the molecule is CCCCC(C)Nc1cc(OC)ccc1C(=O)O. The number of aromatic carboxylic acids is 1. The Hall–Kier alpha value is -1.71. The Morgan fingerprint density at radius 2 is 2.22 bits per heavy atom. The number of nitrogens with one attached hydrogen (secondary N) is 1. The number of ether oxygens (including phenoxy) is 1. The zero-order chi connectivity index (χ0) is 13.5. The van der Waals surface area contributed by atoms with Gasteiger partial charge >= 0.3 is 5.97 Å². The van der Waals surface area contributed by atoms with E-state index in [0.29, 0.717) is 11.4 Å². The van der Waals surface area contributed by atoms with Gasteiger partial charge < -0.3 is 15.2 Å². The second-order valence-corrected chi connectivity index (χ2v) is 4.40. The lowest BCUT2D eigenvalue weighted by atomic mass is 10.1. The maximum atomic E-state index is 11.1. The minimum atomic E-state index is -0.928. The van der Waals surface area contributed by atoms with Crippen molar-refractivity contribution in [1.29, 1.82) is 0 Å². The first-order valence-corrected chi connectivity index (χ1v) is 6.26. The maximum absolute atomic E-state index is 11.1. The molecular formula is C14H21NO3. The monoisotopic (exact) mass is 251 g/mol. The summed E-state index contributed by atoms with van der Waals surface area (Å²) in [4.78, 5) is 11.1. The van der Waals surface area contributed by atoms with Crippen LogP contribution in [-0.2, 0) is 0 Å². The highest BCUT2D eigenvalue weighted by Gasteiger charge is 2.12. The molecule has 0 radical (unpaired) electrons. The summed E-state index contributed by atoms with van der Waals surface area (Å²) >= 11 is 0.